The smallest absolute Gasteiger partial charge is 0.248 e. The molecule has 0 unspecified atom stereocenters. The molecule has 0 radical (unpaired) electrons. The Morgan fingerprint density at radius 1 is 0.952 bits per heavy atom. The summed E-state index contributed by atoms with van der Waals surface area (Å²) in [5.74, 6) is 3.36. The molecule has 3 heterocycles. The van der Waals surface area contributed by atoms with Crippen molar-refractivity contribution < 1.29 is 13.9 Å². The van der Waals surface area contributed by atoms with Crippen molar-refractivity contribution in [1.82, 2.24) is 29.9 Å². The number of rotatable bonds is 7. The van der Waals surface area contributed by atoms with Gasteiger partial charge in [-0.3, -0.25) is 4.90 Å². The minimum Gasteiger partial charge on any atom is -0.493 e. The van der Waals surface area contributed by atoms with Crippen LogP contribution in [0.2, 0.25) is 0 Å². The molecule has 2 aromatic heterocycles. The summed E-state index contributed by atoms with van der Waals surface area (Å²) in [6.07, 6.45) is 5.56. The lowest BCUT2D eigenvalue weighted by Crippen LogP contribution is -2.52. The maximum Gasteiger partial charge on any atom is 0.248 e. The van der Waals surface area contributed by atoms with Gasteiger partial charge in [0.1, 0.15) is 5.82 Å². The van der Waals surface area contributed by atoms with E-state index in [1.165, 1.54) is 36.4 Å². The monoisotopic (exact) mass is 573 g/mol. The number of aryl methyl sites for hydroxylation is 1. The largest absolute Gasteiger partial charge is 0.493 e. The van der Waals surface area contributed by atoms with Gasteiger partial charge in [-0.1, -0.05) is 6.42 Å². The number of methoxy groups -OCH3 is 2. The summed E-state index contributed by atoms with van der Waals surface area (Å²) in [4.78, 5) is 9.15. The van der Waals surface area contributed by atoms with Crippen LogP contribution < -0.4 is 25.4 Å². The molecular weight excluding hydrogens is 537 g/mol. The number of nitrogens with one attached hydrogen (secondary N) is 1. The minimum absolute atomic E-state index is 0.109. The molecule has 3 aliphatic rings. The van der Waals surface area contributed by atoms with E-state index in [9.17, 15) is 0 Å². The lowest BCUT2D eigenvalue weighted by atomic mass is 9.93. The highest BCUT2D eigenvalue weighted by atomic mass is 19.1. The summed E-state index contributed by atoms with van der Waals surface area (Å²) in [5, 5.41) is 17.8. The lowest BCUT2D eigenvalue weighted by molar-refractivity contribution is 0.134. The van der Waals surface area contributed by atoms with Crippen molar-refractivity contribution in [1.29, 1.82) is 0 Å². The molecule has 0 spiro atoms. The van der Waals surface area contributed by atoms with Crippen LogP contribution >= 0.6 is 0 Å². The summed E-state index contributed by atoms with van der Waals surface area (Å²) in [5.41, 5.74) is 8.12. The molecule has 2 aromatic carbocycles. The molecule has 2 bridgehead atoms. The zero-order valence-electron chi connectivity index (χ0n) is 24.2. The van der Waals surface area contributed by atoms with E-state index in [1.54, 1.807) is 14.2 Å². The number of aromatic nitrogens is 5. The molecule has 1 aliphatic heterocycles. The lowest BCUT2D eigenvalue weighted by Gasteiger charge is -2.41. The van der Waals surface area contributed by atoms with Crippen LogP contribution in [-0.4, -0.2) is 76.3 Å². The molecule has 0 amide bonds. The summed E-state index contributed by atoms with van der Waals surface area (Å²) < 4.78 is 27.7. The number of anilines is 4. The number of nitrogens with zero attached hydrogens (tertiary/aromatic N) is 7. The van der Waals surface area contributed by atoms with Crippen LogP contribution in [0, 0.1) is 24.6 Å². The molecule has 2 saturated carbocycles. The second-order valence-electron chi connectivity index (χ2n) is 11.6. The average Bonchev–Trinajstić information content (AvgIpc) is 3.73. The molecule has 1 saturated heterocycles. The normalized spacial score (nSPS) is 22.2. The number of nitrogens with two attached hydrogens (primary N) is 1. The summed E-state index contributed by atoms with van der Waals surface area (Å²) >= 11 is 0. The summed E-state index contributed by atoms with van der Waals surface area (Å²) in [6, 6.07) is 9.53. The summed E-state index contributed by atoms with van der Waals surface area (Å²) in [7, 11) is 3.15. The Balaban J connectivity index is 1.08. The first kappa shape index (κ1) is 26.7. The molecule has 3 fully saturated rings. The highest BCUT2D eigenvalue weighted by Gasteiger charge is 2.42. The molecule has 4 aromatic rings. The fourth-order valence-electron chi connectivity index (χ4n) is 7.21. The van der Waals surface area contributed by atoms with Gasteiger partial charge in [0.15, 0.2) is 17.3 Å². The second-order valence-corrected chi connectivity index (χ2v) is 11.6. The van der Waals surface area contributed by atoms with Crippen molar-refractivity contribution >= 4 is 34.0 Å². The van der Waals surface area contributed by atoms with Gasteiger partial charge in [0.2, 0.25) is 11.9 Å². The molecule has 42 heavy (non-hydrogen) atoms. The highest BCUT2D eigenvalue weighted by molar-refractivity contribution is 5.93. The van der Waals surface area contributed by atoms with Crippen LogP contribution in [-0.2, 0) is 0 Å². The zero-order chi connectivity index (χ0) is 29.0. The average molecular weight is 574 g/mol. The maximum atomic E-state index is 15.3. The molecule has 3 N–H and O–H groups in total. The van der Waals surface area contributed by atoms with Crippen molar-refractivity contribution in [3.8, 4) is 17.3 Å². The third kappa shape index (κ3) is 4.63. The van der Waals surface area contributed by atoms with Gasteiger partial charge in [-0.05, 0) is 68.4 Å². The Bertz CT molecular complexity index is 1640. The van der Waals surface area contributed by atoms with Crippen molar-refractivity contribution in [2.75, 3.05) is 56.3 Å². The van der Waals surface area contributed by atoms with Crippen LogP contribution in [0.25, 0.3) is 16.6 Å². The van der Waals surface area contributed by atoms with Gasteiger partial charge in [-0.15, -0.1) is 10.2 Å². The minimum atomic E-state index is -0.280. The first-order valence-electron chi connectivity index (χ1n) is 14.6. The van der Waals surface area contributed by atoms with Crippen LogP contribution in [0.1, 0.15) is 31.4 Å². The van der Waals surface area contributed by atoms with E-state index >= 15 is 4.39 Å². The number of fused-ring (bicyclic) bond motifs is 3. The Morgan fingerprint density at radius 3 is 2.38 bits per heavy atom. The van der Waals surface area contributed by atoms with Gasteiger partial charge in [0.05, 0.1) is 25.6 Å². The summed E-state index contributed by atoms with van der Waals surface area (Å²) in [6.45, 7) is 5.51. The van der Waals surface area contributed by atoms with Gasteiger partial charge in [0.25, 0.3) is 0 Å². The van der Waals surface area contributed by atoms with E-state index < -0.39 is 0 Å². The zero-order valence-corrected chi connectivity index (χ0v) is 24.2. The number of piperazine rings is 1. The number of nitrogen functional groups attached to an aromatic ring is 1. The first-order chi connectivity index (χ1) is 20.4. The molecule has 3 atom stereocenters. The van der Waals surface area contributed by atoms with E-state index in [1.807, 2.05) is 31.2 Å². The van der Waals surface area contributed by atoms with Gasteiger partial charge >= 0.3 is 0 Å². The molecule has 220 valence electrons. The Labute approximate surface area is 243 Å². The van der Waals surface area contributed by atoms with Crippen molar-refractivity contribution in [3.05, 3.63) is 41.8 Å². The predicted octanol–water partition coefficient (Wildman–Crippen LogP) is 4.31. The topological polar surface area (TPSA) is 119 Å². The van der Waals surface area contributed by atoms with Gasteiger partial charge in [0, 0.05) is 48.7 Å². The van der Waals surface area contributed by atoms with Crippen molar-refractivity contribution in [2.24, 2.45) is 11.8 Å². The third-order valence-corrected chi connectivity index (χ3v) is 9.31. The van der Waals surface area contributed by atoms with Gasteiger partial charge < -0.3 is 25.4 Å². The first-order valence-corrected chi connectivity index (χ1v) is 14.6. The highest BCUT2D eigenvalue weighted by Crippen LogP contribution is 2.47. The molecule has 11 nitrogen and oxygen atoms in total. The Kier molecular flexibility index (Phi) is 6.72. The second kappa shape index (κ2) is 10.6. The van der Waals surface area contributed by atoms with E-state index in [0.29, 0.717) is 34.4 Å². The fraction of sp³-hybridized carbons (Fsp3) is 0.467. The predicted molar refractivity (Wildman–Crippen MR) is 159 cm³/mol. The number of hydrogen-bond donors (Lipinski definition) is 2. The fourth-order valence-corrected chi connectivity index (χ4v) is 7.21. The van der Waals surface area contributed by atoms with Crippen LogP contribution in [0.4, 0.5) is 27.7 Å². The molecule has 2 aliphatic carbocycles. The number of hydrogen-bond acceptors (Lipinski definition) is 10. The maximum absolute atomic E-state index is 15.3. The SMILES string of the molecule is COc1cc2c(C)nnc(-n3nc(Nc4ccc(N5CCN([C@H]6C[C@@H]7CC[C@H]6C7)CC5)c(F)c4)nc3N)c2cc1OC. The van der Waals surface area contributed by atoms with Crippen molar-refractivity contribution in [3.63, 3.8) is 0 Å². The molecular formula is C30H36FN9O2. The number of halogens is 1. The van der Waals surface area contributed by atoms with Crippen LogP contribution in [0.5, 0.6) is 11.5 Å². The standard InChI is InChI=1S/C30H36FN9O2/c1-17-21-15-26(41-2)27(42-3)16-22(21)28(36-35-17)40-29(32)34-30(37-40)33-20-6-7-24(23(31)14-20)38-8-10-39(11-9-38)25-13-18-4-5-19(25)12-18/h6-7,14-16,18-19,25H,4-5,8-13H2,1-3H3,(H3,32,33,34,37)/t18-,19+,25+/m1/s1. The third-order valence-electron chi connectivity index (χ3n) is 9.31. The van der Waals surface area contributed by atoms with Gasteiger partial charge in [-0.2, -0.15) is 14.8 Å². The van der Waals surface area contributed by atoms with Gasteiger partial charge in [-0.25, -0.2) is 4.39 Å². The van der Waals surface area contributed by atoms with Crippen LogP contribution in [0.3, 0.4) is 0 Å². The Hall–Kier alpha value is -4.19. The number of benzene rings is 2. The van der Waals surface area contributed by atoms with E-state index in [-0.39, 0.29) is 17.7 Å². The molecule has 12 heteroatoms. The number of ether oxygens (including phenoxy) is 2. The molecule has 7 rings (SSSR count). The van der Waals surface area contributed by atoms with Crippen LogP contribution in [0.15, 0.2) is 30.3 Å². The van der Waals surface area contributed by atoms with E-state index in [2.05, 4.69) is 35.4 Å². The van der Waals surface area contributed by atoms with Crippen molar-refractivity contribution in [2.45, 2.75) is 38.6 Å². The van der Waals surface area contributed by atoms with E-state index in [0.717, 1.165) is 54.8 Å². The quantitative estimate of drug-likeness (QED) is 0.331. The Morgan fingerprint density at radius 2 is 1.71 bits per heavy atom. The van der Waals surface area contributed by atoms with E-state index in [4.69, 9.17) is 15.2 Å².